The molecule has 0 aromatic heterocycles. The third kappa shape index (κ3) is 26.5. The smallest absolute Gasteiger partial charge is 0.309 e. The fraction of sp³-hybridized carbons (Fsp3) is 0.920. The van der Waals surface area contributed by atoms with Gasteiger partial charge >= 0.3 is 11.9 Å². The molecule has 0 rings (SSSR count). The number of carbonyl (C=O) groups excluding carboxylic acids is 2. The minimum Gasteiger partial charge on any atom is -0.466 e. The average Bonchev–Trinajstić information content (AvgIpc) is 2.73. The number of unbranched alkanes of at least 4 members (excludes halogenated alkanes) is 4. The lowest BCUT2D eigenvalue weighted by molar-refractivity contribution is -0.154. The summed E-state index contributed by atoms with van der Waals surface area (Å²) in [6.45, 7) is 15.4. The zero-order valence-electron chi connectivity index (χ0n) is 22.7. The molecule has 0 aromatic rings. The molecule has 2 atom stereocenters. The van der Waals surface area contributed by atoms with Gasteiger partial charge in [0.25, 0.3) is 0 Å². The molecule has 0 aromatic carbocycles. The van der Waals surface area contributed by atoms with Crippen molar-refractivity contribution < 1.29 is 28.5 Å². The van der Waals surface area contributed by atoms with Crippen LogP contribution >= 0.6 is 17.1 Å². The molecule has 0 bridgehead atoms. The van der Waals surface area contributed by atoms with Crippen molar-refractivity contribution in [3.8, 4) is 0 Å². The van der Waals surface area contributed by atoms with Crippen molar-refractivity contribution in [2.75, 3.05) is 25.6 Å². The highest BCUT2D eigenvalue weighted by molar-refractivity contribution is 8.67. The highest BCUT2D eigenvalue weighted by Crippen LogP contribution is 2.56. The molecule has 1 N–H and O–H groups in total. The van der Waals surface area contributed by atoms with E-state index in [0.29, 0.717) is 19.8 Å². The molecule has 0 saturated heterocycles. The Labute approximate surface area is 218 Å². The topological polar surface area (TPSA) is 82.1 Å². The summed E-state index contributed by atoms with van der Waals surface area (Å²) in [6, 6.07) is 0. The maximum Gasteiger partial charge on any atom is 0.309 e. The zero-order chi connectivity index (χ0) is 26.4. The van der Waals surface area contributed by atoms with Gasteiger partial charge in [0.1, 0.15) is 0 Å². The second-order valence-electron chi connectivity index (χ2n) is 9.28. The zero-order valence-corrected chi connectivity index (χ0v) is 25.2. The predicted molar refractivity (Wildman–Crippen MR) is 149 cm³/mol. The molecule has 0 amide bonds. The fourth-order valence-electron chi connectivity index (χ4n) is 2.90. The van der Waals surface area contributed by atoms with E-state index in [1.165, 1.54) is 49.9 Å². The third-order valence-corrected chi connectivity index (χ3v) is 9.24. The van der Waals surface area contributed by atoms with Gasteiger partial charge in [0.05, 0.1) is 32.2 Å². The number of carbonyl (C=O) groups is 2. The molecule has 0 aliphatic carbocycles. The first-order chi connectivity index (χ1) is 15.9. The van der Waals surface area contributed by atoms with E-state index in [1.807, 2.05) is 0 Å². The lowest BCUT2D eigenvalue weighted by Crippen LogP contribution is -2.19. The van der Waals surface area contributed by atoms with Crippen molar-refractivity contribution in [1.82, 2.24) is 0 Å². The second kappa shape index (κ2) is 23.3. The van der Waals surface area contributed by atoms with Crippen molar-refractivity contribution in [3.05, 3.63) is 0 Å². The monoisotopic (exact) mass is 542 g/mol. The lowest BCUT2D eigenvalue weighted by atomic mass is 10.1. The molecule has 34 heavy (non-hydrogen) atoms. The number of hydrogen-bond acceptors (Lipinski definition) is 7. The predicted octanol–water partition coefficient (Wildman–Crippen LogP) is 7.52. The standard InChI is InChI=1S/C16H35O2PS2.C9H16O4/c1-15(2)11-7-5-9-13-18-19(17,20)21-14-10-6-8-12-16(3)4;1-4-12-8(10)6-7(3)9(11)13-5-2/h15-16H,5-14H2,1-4H3,(H,17,20);7H,4-6H2,1-3H3. The Bertz CT molecular complexity index is 534. The minimum atomic E-state index is -2.58. The molecule has 0 fully saturated rings. The van der Waals surface area contributed by atoms with Gasteiger partial charge in [0.2, 0.25) is 5.69 Å². The van der Waals surface area contributed by atoms with Crippen LogP contribution in [0.25, 0.3) is 0 Å². The van der Waals surface area contributed by atoms with Crippen molar-refractivity contribution in [1.29, 1.82) is 0 Å². The summed E-state index contributed by atoms with van der Waals surface area (Å²) in [5, 5.41) is 0. The van der Waals surface area contributed by atoms with Gasteiger partial charge in [0, 0.05) is 5.75 Å². The second-order valence-corrected chi connectivity index (χ2v) is 15.6. The van der Waals surface area contributed by atoms with Gasteiger partial charge in [0.15, 0.2) is 0 Å². The molecule has 0 spiro atoms. The quantitative estimate of drug-likeness (QED) is 0.102. The normalized spacial score (nSPS) is 13.7. The van der Waals surface area contributed by atoms with Crippen molar-refractivity contribution >= 4 is 40.8 Å². The van der Waals surface area contributed by atoms with Gasteiger partial charge in [-0.05, 0) is 50.3 Å². The van der Waals surface area contributed by atoms with Gasteiger partial charge in [-0.15, -0.1) is 0 Å². The third-order valence-electron chi connectivity index (χ3n) is 4.83. The van der Waals surface area contributed by atoms with Crippen LogP contribution in [0.4, 0.5) is 0 Å². The van der Waals surface area contributed by atoms with Crippen molar-refractivity contribution in [2.24, 2.45) is 17.8 Å². The Morgan fingerprint density at radius 3 is 1.88 bits per heavy atom. The minimum absolute atomic E-state index is 0.0900. The highest BCUT2D eigenvalue weighted by atomic mass is 32.9. The summed E-state index contributed by atoms with van der Waals surface area (Å²) in [4.78, 5) is 32.1. The van der Waals surface area contributed by atoms with E-state index in [9.17, 15) is 14.5 Å². The summed E-state index contributed by atoms with van der Waals surface area (Å²) >= 11 is 6.66. The maximum atomic E-state index is 11.1. The molecule has 0 heterocycles. The summed E-state index contributed by atoms with van der Waals surface area (Å²) in [5.41, 5.74) is -2.58. The van der Waals surface area contributed by atoms with E-state index in [-0.39, 0.29) is 18.4 Å². The number of esters is 2. The molecule has 2 unspecified atom stereocenters. The van der Waals surface area contributed by atoms with Crippen molar-refractivity contribution in [3.63, 3.8) is 0 Å². The Morgan fingerprint density at radius 2 is 1.38 bits per heavy atom. The van der Waals surface area contributed by atoms with Crippen molar-refractivity contribution in [2.45, 2.75) is 106 Å². The van der Waals surface area contributed by atoms with Crippen LogP contribution in [0, 0.1) is 17.8 Å². The van der Waals surface area contributed by atoms with Gasteiger partial charge in [-0.3, -0.25) is 9.59 Å². The first kappa shape index (κ1) is 36.0. The van der Waals surface area contributed by atoms with Crippen LogP contribution in [-0.4, -0.2) is 42.4 Å². The number of hydrogen-bond donors (Lipinski definition) is 1. The van der Waals surface area contributed by atoms with Gasteiger partial charge in [-0.2, -0.15) is 0 Å². The Morgan fingerprint density at radius 1 is 0.853 bits per heavy atom. The molecule has 0 aliphatic rings. The van der Waals surface area contributed by atoms with E-state index in [1.54, 1.807) is 20.8 Å². The van der Waals surface area contributed by atoms with Crippen LogP contribution < -0.4 is 0 Å². The Hall–Kier alpha value is -0.140. The van der Waals surface area contributed by atoms with Gasteiger partial charge < -0.3 is 18.9 Å². The molecular formula is C25H51O6PS2. The fourth-order valence-corrected chi connectivity index (χ4v) is 6.32. The van der Waals surface area contributed by atoms with Crippen LogP contribution in [0.15, 0.2) is 0 Å². The summed E-state index contributed by atoms with van der Waals surface area (Å²) in [5.74, 6) is 1.37. The Kier molecular flexibility index (Phi) is 24.7. The SMILES string of the molecule is CC(C)CCCCCOP(O)(=S)SCCCCCC(C)C.CCOC(=O)CC(C)C(=O)OCC. The Balaban J connectivity index is 0. The first-order valence-electron chi connectivity index (χ1n) is 12.9. The average molecular weight is 543 g/mol. The largest absolute Gasteiger partial charge is 0.466 e. The van der Waals surface area contributed by atoms with Crippen LogP contribution in [-0.2, 0) is 35.4 Å². The van der Waals surface area contributed by atoms with Gasteiger partial charge in [-0.25, -0.2) is 0 Å². The highest BCUT2D eigenvalue weighted by Gasteiger charge is 2.18. The van der Waals surface area contributed by atoms with E-state index >= 15 is 0 Å². The number of rotatable bonds is 19. The van der Waals surface area contributed by atoms with Crippen LogP contribution in [0.5, 0.6) is 0 Å². The summed E-state index contributed by atoms with van der Waals surface area (Å²) in [7, 11) is 0. The number of ether oxygens (including phenoxy) is 2. The van der Waals surface area contributed by atoms with Gasteiger partial charge in [-0.1, -0.05) is 84.5 Å². The molecule has 0 saturated carbocycles. The molecule has 204 valence electrons. The lowest BCUT2D eigenvalue weighted by Gasteiger charge is -2.15. The molecule has 0 aliphatic heterocycles. The van der Waals surface area contributed by atoms with E-state index in [0.717, 1.165) is 30.4 Å². The summed E-state index contributed by atoms with van der Waals surface area (Å²) < 4.78 is 15.0. The van der Waals surface area contributed by atoms with Crippen LogP contribution in [0.2, 0.25) is 0 Å². The summed E-state index contributed by atoms with van der Waals surface area (Å²) in [6.07, 6.45) is 9.75. The van der Waals surface area contributed by atoms with Crippen LogP contribution in [0.3, 0.4) is 0 Å². The maximum absolute atomic E-state index is 11.1. The molecule has 9 heteroatoms. The van der Waals surface area contributed by atoms with E-state index in [2.05, 4.69) is 27.7 Å². The van der Waals surface area contributed by atoms with E-state index < -0.39 is 11.6 Å². The first-order valence-corrected chi connectivity index (χ1v) is 17.2. The molecule has 0 radical (unpaired) electrons. The molecular weight excluding hydrogens is 491 g/mol. The molecule has 6 nitrogen and oxygen atoms in total. The van der Waals surface area contributed by atoms with E-state index in [4.69, 9.17) is 25.8 Å². The van der Waals surface area contributed by atoms with Crippen LogP contribution in [0.1, 0.15) is 106 Å².